The molecule has 0 spiro atoms. The Kier molecular flexibility index (Phi) is 3.93. The van der Waals surface area contributed by atoms with Gasteiger partial charge in [-0.2, -0.15) is 0 Å². The predicted octanol–water partition coefficient (Wildman–Crippen LogP) is 3.10. The number of hydrogen-bond donors (Lipinski definition) is 0. The number of Topliss-reactive ketones (excluding diaryl/α,β-unsaturated/α-hetero) is 1. The normalized spacial score (nSPS) is 10.6. The van der Waals surface area contributed by atoms with Crippen molar-refractivity contribution >= 4 is 17.8 Å². The van der Waals surface area contributed by atoms with Gasteiger partial charge >= 0.3 is 5.97 Å². The van der Waals surface area contributed by atoms with Gasteiger partial charge in [0.05, 0.1) is 6.26 Å². The number of carbonyl (C=O) groups excluding carboxylic acids is 2. The minimum absolute atomic E-state index is 0.0796. The first-order valence-electron chi connectivity index (χ1n) is 5.69. The van der Waals surface area contributed by atoms with Crippen LogP contribution in [0.3, 0.4) is 0 Å². The van der Waals surface area contributed by atoms with Crippen LogP contribution in [-0.4, -0.2) is 11.8 Å². The highest BCUT2D eigenvalue weighted by molar-refractivity contribution is 5.94. The van der Waals surface area contributed by atoms with Crippen molar-refractivity contribution in [2.45, 2.75) is 6.92 Å². The largest absolute Gasteiger partial charge is 0.465 e. The van der Waals surface area contributed by atoms with Gasteiger partial charge in [0.1, 0.15) is 11.5 Å². The average molecular weight is 256 g/mol. The molecule has 0 bridgehead atoms. The van der Waals surface area contributed by atoms with Crippen molar-refractivity contribution in [2.75, 3.05) is 0 Å². The summed E-state index contributed by atoms with van der Waals surface area (Å²) in [6.07, 6.45) is 4.29. The molecule has 0 fully saturated rings. The summed E-state index contributed by atoms with van der Waals surface area (Å²) in [4.78, 5) is 22.8. The average Bonchev–Trinajstić information content (AvgIpc) is 2.90. The summed E-state index contributed by atoms with van der Waals surface area (Å²) in [6, 6.07) is 9.92. The molecule has 1 aromatic carbocycles. The minimum atomic E-state index is -0.530. The van der Waals surface area contributed by atoms with Gasteiger partial charge in [0.15, 0.2) is 5.78 Å². The molecule has 0 saturated carbocycles. The van der Waals surface area contributed by atoms with Crippen molar-refractivity contribution in [1.82, 2.24) is 0 Å². The molecule has 0 aliphatic rings. The van der Waals surface area contributed by atoms with E-state index < -0.39 is 5.97 Å². The van der Waals surface area contributed by atoms with Crippen LogP contribution in [0.15, 0.2) is 53.2 Å². The zero-order valence-corrected chi connectivity index (χ0v) is 10.3. The SMILES string of the molecule is CC(=O)c1cccc(OC(=O)/C=C/c2ccco2)c1. The van der Waals surface area contributed by atoms with Gasteiger partial charge in [-0.1, -0.05) is 12.1 Å². The molecule has 0 amide bonds. The van der Waals surface area contributed by atoms with E-state index in [-0.39, 0.29) is 5.78 Å². The lowest BCUT2D eigenvalue weighted by atomic mass is 10.1. The van der Waals surface area contributed by atoms with Gasteiger partial charge in [-0.25, -0.2) is 4.79 Å². The molecule has 19 heavy (non-hydrogen) atoms. The molecule has 1 aromatic heterocycles. The molecule has 0 aliphatic heterocycles. The molecular weight excluding hydrogens is 244 g/mol. The number of hydrogen-bond acceptors (Lipinski definition) is 4. The predicted molar refractivity (Wildman–Crippen MR) is 69.8 cm³/mol. The van der Waals surface area contributed by atoms with Gasteiger partial charge in [-0.05, 0) is 37.3 Å². The lowest BCUT2D eigenvalue weighted by molar-refractivity contribution is -0.128. The lowest BCUT2D eigenvalue weighted by Crippen LogP contribution is -2.04. The quantitative estimate of drug-likeness (QED) is 0.365. The van der Waals surface area contributed by atoms with Gasteiger partial charge in [-0.3, -0.25) is 4.79 Å². The van der Waals surface area contributed by atoms with Gasteiger partial charge < -0.3 is 9.15 Å². The highest BCUT2D eigenvalue weighted by atomic mass is 16.5. The number of carbonyl (C=O) groups is 2. The monoisotopic (exact) mass is 256 g/mol. The second kappa shape index (κ2) is 5.82. The van der Waals surface area contributed by atoms with Crippen LogP contribution in [0.5, 0.6) is 5.75 Å². The van der Waals surface area contributed by atoms with Crippen LogP contribution in [0.1, 0.15) is 23.0 Å². The Morgan fingerprint density at radius 2 is 2.05 bits per heavy atom. The molecular formula is C15H12O4. The zero-order chi connectivity index (χ0) is 13.7. The van der Waals surface area contributed by atoms with Gasteiger partial charge in [0.25, 0.3) is 0 Å². The van der Waals surface area contributed by atoms with Crippen LogP contribution in [-0.2, 0) is 4.79 Å². The van der Waals surface area contributed by atoms with Crippen molar-refractivity contribution in [3.05, 3.63) is 60.1 Å². The second-order valence-corrected chi connectivity index (χ2v) is 3.85. The molecule has 2 aromatic rings. The smallest absolute Gasteiger partial charge is 0.336 e. The van der Waals surface area contributed by atoms with E-state index in [0.29, 0.717) is 17.1 Å². The van der Waals surface area contributed by atoms with Crippen molar-refractivity contribution in [1.29, 1.82) is 0 Å². The first-order chi connectivity index (χ1) is 9.15. The Morgan fingerprint density at radius 3 is 2.74 bits per heavy atom. The lowest BCUT2D eigenvalue weighted by Gasteiger charge is -2.02. The zero-order valence-electron chi connectivity index (χ0n) is 10.3. The Bertz CT molecular complexity index is 609. The molecule has 0 N–H and O–H groups in total. The fraction of sp³-hybridized carbons (Fsp3) is 0.0667. The van der Waals surface area contributed by atoms with Crippen molar-refractivity contribution < 1.29 is 18.7 Å². The standard InChI is InChI=1S/C15H12O4/c1-11(16)12-4-2-5-14(10-12)19-15(17)8-7-13-6-3-9-18-13/h2-10H,1H3/b8-7+. The molecule has 0 saturated heterocycles. The van der Waals surface area contributed by atoms with Crippen LogP contribution in [0.2, 0.25) is 0 Å². The summed E-state index contributed by atoms with van der Waals surface area (Å²) >= 11 is 0. The minimum Gasteiger partial charge on any atom is -0.465 e. The summed E-state index contributed by atoms with van der Waals surface area (Å²) in [7, 11) is 0. The molecule has 96 valence electrons. The summed E-state index contributed by atoms with van der Waals surface area (Å²) in [5.74, 6) is 0.289. The second-order valence-electron chi connectivity index (χ2n) is 3.85. The molecule has 0 atom stereocenters. The summed E-state index contributed by atoms with van der Waals surface area (Å²) < 4.78 is 10.1. The fourth-order valence-electron chi connectivity index (χ4n) is 1.47. The summed E-state index contributed by atoms with van der Waals surface area (Å²) in [5.41, 5.74) is 0.500. The molecule has 0 radical (unpaired) electrons. The summed E-state index contributed by atoms with van der Waals surface area (Å²) in [5, 5.41) is 0. The maximum Gasteiger partial charge on any atom is 0.336 e. The number of rotatable bonds is 4. The number of ether oxygens (including phenoxy) is 1. The fourth-order valence-corrected chi connectivity index (χ4v) is 1.47. The van der Waals surface area contributed by atoms with Crippen molar-refractivity contribution in [3.8, 4) is 5.75 Å². The first-order valence-corrected chi connectivity index (χ1v) is 5.69. The van der Waals surface area contributed by atoms with Crippen molar-refractivity contribution in [3.63, 3.8) is 0 Å². The van der Waals surface area contributed by atoms with Gasteiger partial charge in [0, 0.05) is 11.6 Å². The van der Waals surface area contributed by atoms with Crippen molar-refractivity contribution in [2.24, 2.45) is 0 Å². The Balaban J connectivity index is 2.03. The maximum absolute atomic E-state index is 11.6. The number of esters is 1. The van der Waals surface area contributed by atoms with Gasteiger partial charge in [0.2, 0.25) is 0 Å². The Hall–Kier alpha value is -2.62. The van der Waals surface area contributed by atoms with E-state index >= 15 is 0 Å². The van der Waals surface area contributed by atoms with Crippen LogP contribution < -0.4 is 4.74 Å². The van der Waals surface area contributed by atoms with E-state index in [4.69, 9.17) is 9.15 Å². The molecule has 4 nitrogen and oxygen atoms in total. The topological polar surface area (TPSA) is 56.5 Å². The molecule has 2 rings (SSSR count). The molecule has 1 heterocycles. The highest BCUT2D eigenvalue weighted by Crippen LogP contribution is 2.14. The third-order valence-corrected chi connectivity index (χ3v) is 2.39. The Morgan fingerprint density at radius 1 is 1.21 bits per heavy atom. The van der Waals surface area contributed by atoms with E-state index in [2.05, 4.69) is 0 Å². The Labute approximate surface area is 110 Å². The third-order valence-electron chi connectivity index (χ3n) is 2.39. The number of furan rings is 1. The third kappa shape index (κ3) is 3.67. The van der Waals surface area contributed by atoms with E-state index in [1.807, 2.05) is 0 Å². The van der Waals surface area contributed by atoms with Crippen LogP contribution >= 0.6 is 0 Å². The van der Waals surface area contributed by atoms with Crippen LogP contribution in [0, 0.1) is 0 Å². The van der Waals surface area contributed by atoms with E-state index in [9.17, 15) is 9.59 Å². The molecule has 0 unspecified atom stereocenters. The van der Waals surface area contributed by atoms with Crippen LogP contribution in [0.4, 0.5) is 0 Å². The van der Waals surface area contributed by atoms with E-state index in [1.165, 1.54) is 31.4 Å². The summed E-state index contributed by atoms with van der Waals surface area (Å²) in [6.45, 7) is 1.46. The number of benzene rings is 1. The van der Waals surface area contributed by atoms with E-state index in [1.54, 1.807) is 30.3 Å². The first kappa shape index (κ1) is 12.8. The molecule has 0 aliphatic carbocycles. The number of ketones is 1. The van der Waals surface area contributed by atoms with Gasteiger partial charge in [-0.15, -0.1) is 0 Å². The molecule has 4 heteroatoms. The maximum atomic E-state index is 11.6. The van der Waals surface area contributed by atoms with E-state index in [0.717, 1.165) is 0 Å². The highest BCUT2D eigenvalue weighted by Gasteiger charge is 2.04. The van der Waals surface area contributed by atoms with Crippen LogP contribution in [0.25, 0.3) is 6.08 Å².